The lowest BCUT2D eigenvalue weighted by molar-refractivity contribution is -0.858. The molecule has 3 nitrogen and oxygen atoms in total. The van der Waals surface area contributed by atoms with Crippen molar-refractivity contribution in [3.8, 4) is 0 Å². The molecule has 21 heavy (non-hydrogen) atoms. The van der Waals surface area contributed by atoms with E-state index in [-0.39, 0.29) is 0 Å². The number of nitrogens with one attached hydrogen (secondary N) is 3. The standard InChI is InChI=1S/C18H27N3/c1-13-8-9-16-15(12-13)14-6-4-7-17(18(14)20-16)19-10-5-11-21(2)3/h8-9,12,17,19-20H,4-7,10-11H2,1-3H3/p+1. The van der Waals surface area contributed by atoms with E-state index in [1.807, 2.05) is 0 Å². The van der Waals surface area contributed by atoms with Crippen molar-refractivity contribution >= 4 is 10.9 Å². The van der Waals surface area contributed by atoms with Crippen molar-refractivity contribution in [1.29, 1.82) is 0 Å². The van der Waals surface area contributed by atoms with Gasteiger partial charge in [-0.25, -0.2) is 0 Å². The van der Waals surface area contributed by atoms with Gasteiger partial charge in [0.1, 0.15) is 0 Å². The Morgan fingerprint density at radius 1 is 1.33 bits per heavy atom. The Labute approximate surface area is 127 Å². The van der Waals surface area contributed by atoms with E-state index in [0.29, 0.717) is 6.04 Å². The fraction of sp³-hybridized carbons (Fsp3) is 0.556. The van der Waals surface area contributed by atoms with Crippen molar-refractivity contribution in [3.63, 3.8) is 0 Å². The summed E-state index contributed by atoms with van der Waals surface area (Å²) in [7, 11) is 4.44. The van der Waals surface area contributed by atoms with Crippen molar-refractivity contribution in [2.24, 2.45) is 0 Å². The van der Waals surface area contributed by atoms with Gasteiger partial charge in [0.2, 0.25) is 0 Å². The highest BCUT2D eigenvalue weighted by molar-refractivity contribution is 5.85. The second kappa shape index (κ2) is 6.20. The topological polar surface area (TPSA) is 32.3 Å². The molecule has 3 N–H and O–H groups in total. The Hall–Kier alpha value is -1.32. The van der Waals surface area contributed by atoms with Crippen molar-refractivity contribution in [3.05, 3.63) is 35.0 Å². The maximum atomic E-state index is 3.76. The second-order valence-corrected chi connectivity index (χ2v) is 6.78. The second-order valence-electron chi connectivity index (χ2n) is 6.78. The van der Waals surface area contributed by atoms with Crippen LogP contribution in [0.5, 0.6) is 0 Å². The number of hydrogen-bond acceptors (Lipinski definition) is 1. The molecule has 0 radical (unpaired) electrons. The van der Waals surface area contributed by atoms with Gasteiger partial charge in [0.15, 0.2) is 0 Å². The number of aromatic nitrogens is 1. The summed E-state index contributed by atoms with van der Waals surface area (Å²) in [5.74, 6) is 0. The summed E-state index contributed by atoms with van der Waals surface area (Å²) in [6, 6.07) is 7.28. The molecule has 1 atom stereocenters. The fourth-order valence-electron chi connectivity index (χ4n) is 3.50. The molecule has 1 aliphatic carbocycles. The molecule has 1 heterocycles. The normalized spacial score (nSPS) is 18.4. The number of aryl methyl sites for hydroxylation is 2. The smallest absolute Gasteiger partial charge is 0.0779 e. The summed E-state index contributed by atoms with van der Waals surface area (Å²) in [6.45, 7) is 4.53. The number of quaternary nitrogens is 1. The third-order valence-corrected chi connectivity index (χ3v) is 4.61. The quantitative estimate of drug-likeness (QED) is 0.722. The van der Waals surface area contributed by atoms with Crippen molar-refractivity contribution in [1.82, 2.24) is 10.3 Å². The molecule has 3 heteroatoms. The largest absolute Gasteiger partial charge is 0.357 e. The van der Waals surface area contributed by atoms with E-state index in [1.54, 1.807) is 5.56 Å². The summed E-state index contributed by atoms with van der Waals surface area (Å²) in [5.41, 5.74) is 5.65. The minimum absolute atomic E-state index is 0.513. The van der Waals surface area contributed by atoms with Gasteiger partial charge in [-0.05, 0) is 43.9 Å². The first kappa shape index (κ1) is 14.6. The zero-order chi connectivity index (χ0) is 14.8. The molecule has 1 aromatic carbocycles. The molecule has 3 rings (SSSR count). The van der Waals surface area contributed by atoms with Crippen LogP contribution in [0.4, 0.5) is 0 Å². The molecule has 0 bridgehead atoms. The zero-order valence-corrected chi connectivity index (χ0v) is 13.6. The van der Waals surface area contributed by atoms with Gasteiger partial charge < -0.3 is 15.2 Å². The first-order chi connectivity index (χ1) is 10.1. The predicted octanol–water partition coefficient (Wildman–Crippen LogP) is 1.98. The third kappa shape index (κ3) is 3.14. The van der Waals surface area contributed by atoms with E-state index in [4.69, 9.17) is 0 Å². The highest BCUT2D eigenvalue weighted by atomic mass is 15.1. The van der Waals surface area contributed by atoms with Crippen LogP contribution in [0, 0.1) is 6.92 Å². The van der Waals surface area contributed by atoms with Crippen molar-refractivity contribution < 1.29 is 4.90 Å². The average molecular weight is 286 g/mol. The minimum atomic E-state index is 0.513. The molecule has 1 aromatic heterocycles. The summed E-state index contributed by atoms with van der Waals surface area (Å²) in [4.78, 5) is 5.21. The molecular weight excluding hydrogens is 258 g/mol. The van der Waals surface area contributed by atoms with Gasteiger partial charge in [-0.2, -0.15) is 0 Å². The summed E-state index contributed by atoms with van der Waals surface area (Å²) >= 11 is 0. The van der Waals surface area contributed by atoms with Crippen molar-refractivity contribution in [2.45, 2.75) is 38.6 Å². The highest BCUT2D eigenvalue weighted by Gasteiger charge is 2.23. The SMILES string of the molecule is Cc1ccc2[nH]c3c(c2c1)CCCC3NCCC[NH+](C)C. The molecule has 0 aliphatic heterocycles. The Balaban J connectivity index is 1.77. The lowest BCUT2D eigenvalue weighted by Crippen LogP contribution is -3.05. The first-order valence-corrected chi connectivity index (χ1v) is 8.28. The molecule has 0 fully saturated rings. The minimum Gasteiger partial charge on any atom is -0.357 e. The number of rotatable bonds is 5. The summed E-state index contributed by atoms with van der Waals surface area (Å²) in [5, 5.41) is 5.20. The maximum absolute atomic E-state index is 3.76. The molecule has 0 amide bonds. The predicted molar refractivity (Wildman–Crippen MR) is 89.0 cm³/mol. The van der Waals surface area contributed by atoms with Crippen LogP contribution in [0.1, 0.15) is 42.1 Å². The number of benzene rings is 1. The van der Waals surface area contributed by atoms with Crippen LogP contribution in [0.15, 0.2) is 18.2 Å². The molecule has 0 saturated carbocycles. The number of aromatic amines is 1. The van der Waals surface area contributed by atoms with Crippen LogP contribution in [0.25, 0.3) is 10.9 Å². The van der Waals surface area contributed by atoms with E-state index in [9.17, 15) is 0 Å². The number of fused-ring (bicyclic) bond motifs is 3. The van der Waals surface area contributed by atoms with Crippen LogP contribution >= 0.6 is 0 Å². The van der Waals surface area contributed by atoms with E-state index in [2.05, 4.69) is 49.5 Å². The lowest BCUT2D eigenvalue weighted by Gasteiger charge is -2.24. The molecule has 114 valence electrons. The molecule has 0 saturated heterocycles. The van der Waals surface area contributed by atoms with Gasteiger partial charge in [-0.3, -0.25) is 0 Å². The Bertz CT molecular complexity index is 612. The maximum Gasteiger partial charge on any atom is 0.0779 e. The Kier molecular flexibility index (Phi) is 4.32. The van der Waals surface area contributed by atoms with Crippen LogP contribution in [-0.2, 0) is 6.42 Å². The number of hydrogen-bond donors (Lipinski definition) is 3. The average Bonchev–Trinajstić information content (AvgIpc) is 2.82. The molecule has 0 spiro atoms. The van der Waals surface area contributed by atoms with E-state index >= 15 is 0 Å². The molecule has 1 aliphatic rings. The third-order valence-electron chi connectivity index (χ3n) is 4.61. The van der Waals surface area contributed by atoms with Gasteiger partial charge in [-0.1, -0.05) is 11.6 Å². The molecular formula is C18H28N3+. The van der Waals surface area contributed by atoms with Crippen LogP contribution < -0.4 is 10.2 Å². The summed E-state index contributed by atoms with van der Waals surface area (Å²) < 4.78 is 0. The summed E-state index contributed by atoms with van der Waals surface area (Å²) in [6.07, 6.45) is 5.02. The molecule has 2 aromatic rings. The van der Waals surface area contributed by atoms with E-state index < -0.39 is 0 Å². The fourth-order valence-corrected chi connectivity index (χ4v) is 3.50. The Morgan fingerprint density at radius 3 is 3.00 bits per heavy atom. The van der Waals surface area contributed by atoms with Crippen molar-refractivity contribution in [2.75, 3.05) is 27.2 Å². The van der Waals surface area contributed by atoms with E-state index in [0.717, 1.165) is 6.54 Å². The zero-order valence-electron chi connectivity index (χ0n) is 13.6. The van der Waals surface area contributed by atoms with E-state index in [1.165, 1.54) is 59.3 Å². The Morgan fingerprint density at radius 2 is 2.19 bits per heavy atom. The van der Waals surface area contributed by atoms with Gasteiger partial charge in [-0.15, -0.1) is 0 Å². The first-order valence-electron chi connectivity index (χ1n) is 8.28. The van der Waals surface area contributed by atoms with Crippen LogP contribution in [0.3, 0.4) is 0 Å². The molecule has 1 unspecified atom stereocenters. The monoisotopic (exact) mass is 286 g/mol. The van der Waals surface area contributed by atoms with Crippen LogP contribution in [-0.4, -0.2) is 32.2 Å². The highest BCUT2D eigenvalue weighted by Crippen LogP contribution is 2.34. The van der Waals surface area contributed by atoms with Crippen LogP contribution in [0.2, 0.25) is 0 Å². The van der Waals surface area contributed by atoms with Gasteiger partial charge >= 0.3 is 0 Å². The number of H-pyrrole nitrogens is 1. The lowest BCUT2D eigenvalue weighted by atomic mass is 9.91. The van der Waals surface area contributed by atoms with Gasteiger partial charge in [0.05, 0.1) is 20.6 Å². The van der Waals surface area contributed by atoms with Gasteiger partial charge in [0, 0.05) is 35.6 Å². The van der Waals surface area contributed by atoms with Gasteiger partial charge in [0.25, 0.3) is 0 Å².